The van der Waals surface area contributed by atoms with E-state index in [1.54, 1.807) is 34.9 Å². The summed E-state index contributed by atoms with van der Waals surface area (Å²) in [5.74, 6) is 0.781. The maximum absolute atomic E-state index is 13.2. The van der Waals surface area contributed by atoms with Gasteiger partial charge in [0.15, 0.2) is 0 Å². The zero-order valence-electron chi connectivity index (χ0n) is 18.5. The number of aryl methyl sites for hydroxylation is 1. The van der Waals surface area contributed by atoms with E-state index in [1.165, 1.54) is 11.1 Å². The van der Waals surface area contributed by atoms with Crippen LogP contribution in [0, 0.1) is 6.92 Å². The van der Waals surface area contributed by atoms with Crippen molar-refractivity contribution in [1.82, 2.24) is 10.2 Å². The summed E-state index contributed by atoms with van der Waals surface area (Å²) in [6.45, 7) is 8.05. The predicted molar refractivity (Wildman–Crippen MR) is 132 cm³/mol. The molecule has 0 radical (unpaired) electrons. The number of amides is 2. The summed E-state index contributed by atoms with van der Waals surface area (Å²) in [5.41, 5.74) is 3.17. The molecule has 0 spiro atoms. The Morgan fingerprint density at radius 2 is 1.81 bits per heavy atom. The Hall–Kier alpha value is -1.69. The van der Waals surface area contributed by atoms with Crippen LogP contribution in [0.25, 0.3) is 0 Å². The Balaban J connectivity index is 2.19. The number of nitrogens with zero attached hydrogens (tertiary/aromatic N) is 1. The third kappa shape index (κ3) is 7.74. The second-order valence-electron chi connectivity index (χ2n) is 7.76. The van der Waals surface area contributed by atoms with Crippen molar-refractivity contribution in [1.29, 1.82) is 0 Å². The van der Waals surface area contributed by atoms with E-state index in [0.29, 0.717) is 16.5 Å². The summed E-state index contributed by atoms with van der Waals surface area (Å²) in [6, 6.07) is 12.8. The first-order valence-electron chi connectivity index (χ1n) is 10.4. The van der Waals surface area contributed by atoms with Crippen molar-refractivity contribution in [3.63, 3.8) is 0 Å². The van der Waals surface area contributed by atoms with Gasteiger partial charge < -0.3 is 10.2 Å². The van der Waals surface area contributed by atoms with Crippen LogP contribution in [-0.4, -0.2) is 34.6 Å². The van der Waals surface area contributed by atoms with Gasteiger partial charge >= 0.3 is 0 Å². The van der Waals surface area contributed by atoms with Gasteiger partial charge in [-0.1, -0.05) is 60.5 Å². The predicted octanol–water partition coefficient (Wildman–Crippen LogP) is 5.87. The second-order valence-corrected chi connectivity index (χ2v) is 9.59. The number of halogens is 2. The molecule has 0 unspecified atom stereocenters. The summed E-state index contributed by atoms with van der Waals surface area (Å²) < 4.78 is 0. The minimum atomic E-state index is -0.569. The molecule has 0 aliphatic rings. The standard InChI is InChI=1S/C24H30Cl2N2O2S/c1-5-22(24(30)27-16(2)3)28(13-18-10-11-20(25)12-21(18)26)23(29)15-31-14-19-9-7-6-8-17(19)4/h6-12,16,22H,5,13-15H2,1-4H3,(H,27,30)/t22-/m1/s1. The maximum Gasteiger partial charge on any atom is 0.243 e. The van der Waals surface area contributed by atoms with E-state index in [4.69, 9.17) is 23.2 Å². The van der Waals surface area contributed by atoms with Gasteiger partial charge in [-0.25, -0.2) is 0 Å². The number of benzene rings is 2. The van der Waals surface area contributed by atoms with Gasteiger partial charge in [0.05, 0.1) is 5.75 Å². The third-order valence-corrected chi connectivity index (χ3v) is 6.47. The van der Waals surface area contributed by atoms with Crippen molar-refractivity contribution in [2.45, 2.75) is 58.5 Å². The molecule has 0 aliphatic carbocycles. The highest BCUT2D eigenvalue weighted by atomic mass is 35.5. The molecule has 1 atom stereocenters. The van der Waals surface area contributed by atoms with Gasteiger partial charge in [-0.2, -0.15) is 0 Å². The van der Waals surface area contributed by atoms with Crippen LogP contribution >= 0.6 is 35.0 Å². The first-order valence-corrected chi connectivity index (χ1v) is 12.3. The highest BCUT2D eigenvalue weighted by Crippen LogP contribution is 2.25. The number of nitrogens with one attached hydrogen (secondary N) is 1. The van der Waals surface area contributed by atoms with Crippen LogP contribution in [0.2, 0.25) is 10.0 Å². The van der Waals surface area contributed by atoms with Crippen molar-refractivity contribution in [2.75, 3.05) is 5.75 Å². The molecule has 4 nitrogen and oxygen atoms in total. The Morgan fingerprint density at radius 3 is 2.42 bits per heavy atom. The lowest BCUT2D eigenvalue weighted by atomic mass is 10.1. The van der Waals surface area contributed by atoms with Crippen molar-refractivity contribution in [2.24, 2.45) is 0 Å². The van der Waals surface area contributed by atoms with Crippen molar-refractivity contribution >= 4 is 46.8 Å². The number of carbonyl (C=O) groups is 2. The molecule has 31 heavy (non-hydrogen) atoms. The summed E-state index contributed by atoms with van der Waals surface area (Å²) in [6.07, 6.45) is 0.512. The van der Waals surface area contributed by atoms with Crippen molar-refractivity contribution in [3.05, 3.63) is 69.2 Å². The Morgan fingerprint density at radius 1 is 1.10 bits per heavy atom. The van der Waals surface area contributed by atoms with Crippen molar-refractivity contribution in [3.8, 4) is 0 Å². The first kappa shape index (κ1) is 25.6. The molecule has 2 rings (SSSR count). The molecular formula is C24H30Cl2N2O2S. The second kappa shape index (κ2) is 12.4. The Bertz CT molecular complexity index is 905. The lowest BCUT2D eigenvalue weighted by Gasteiger charge is -2.31. The van der Waals surface area contributed by atoms with Gasteiger partial charge in [0.25, 0.3) is 0 Å². The minimum Gasteiger partial charge on any atom is -0.352 e. The molecule has 1 N–H and O–H groups in total. The van der Waals surface area contributed by atoms with Crippen LogP contribution in [0.15, 0.2) is 42.5 Å². The number of hydrogen-bond donors (Lipinski definition) is 1. The molecule has 0 aliphatic heterocycles. The number of carbonyl (C=O) groups excluding carboxylic acids is 2. The Labute approximate surface area is 199 Å². The summed E-state index contributed by atoms with van der Waals surface area (Å²) in [4.78, 5) is 27.7. The molecule has 0 heterocycles. The van der Waals surface area contributed by atoms with Crippen LogP contribution < -0.4 is 5.32 Å². The molecule has 0 fully saturated rings. The van der Waals surface area contributed by atoms with E-state index in [1.807, 2.05) is 32.9 Å². The normalized spacial score (nSPS) is 12.0. The van der Waals surface area contributed by atoms with E-state index in [2.05, 4.69) is 24.4 Å². The number of hydrogen-bond acceptors (Lipinski definition) is 3. The smallest absolute Gasteiger partial charge is 0.243 e. The largest absolute Gasteiger partial charge is 0.352 e. The quantitative estimate of drug-likeness (QED) is 0.462. The maximum atomic E-state index is 13.2. The fraction of sp³-hybridized carbons (Fsp3) is 0.417. The van der Waals surface area contributed by atoms with E-state index in [-0.39, 0.29) is 30.2 Å². The van der Waals surface area contributed by atoms with Gasteiger partial charge in [-0.15, -0.1) is 11.8 Å². The summed E-state index contributed by atoms with van der Waals surface area (Å²) in [5, 5.41) is 3.95. The van der Waals surface area contributed by atoms with Gasteiger partial charge in [0.1, 0.15) is 6.04 Å². The molecule has 7 heteroatoms. The zero-order valence-corrected chi connectivity index (χ0v) is 20.8. The average Bonchev–Trinajstić information content (AvgIpc) is 2.70. The van der Waals surface area contributed by atoms with E-state index in [9.17, 15) is 9.59 Å². The van der Waals surface area contributed by atoms with E-state index >= 15 is 0 Å². The van der Waals surface area contributed by atoms with Crippen LogP contribution in [0.3, 0.4) is 0 Å². The lowest BCUT2D eigenvalue weighted by Crippen LogP contribution is -2.51. The SMILES string of the molecule is CC[C@H](C(=O)NC(C)C)N(Cc1ccc(Cl)cc1Cl)C(=O)CSCc1ccccc1C. The first-order chi connectivity index (χ1) is 14.7. The average molecular weight is 481 g/mol. The zero-order chi connectivity index (χ0) is 23.0. The fourth-order valence-corrected chi connectivity index (χ4v) is 4.69. The molecule has 0 saturated carbocycles. The third-order valence-electron chi connectivity index (χ3n) is 4.92. The topological polar surface area (TPSA) is 49.4 Å². The van der Waals surface area contributed by atoms with Gasteiger partial charge in [-0.05, 0) is 56.0 Å². The fourth-order valence-electron chi connectivity index (χ4n) is 3.24. The van der Waals surface area contributed by atoms with Crippen LogP contribution in [-0.2, 0) is 21.9 Å². The minimum absolute atomic E-state index is 0.00643. The van der Waals surface area contributed by atoms with Gasteiger partial charge in [0, 0.05) is 28.4 Å². The summed E-state index contributed by atoms with van der Waals surface area (Å²) in [7, 11) is 0. The molecule has 2 amide bonds. The van der Waals surface area contributed by atoms with Gasteiger partial charge in [-0.3, -0.25) is 9.59 Å². The lowest BCUT2D eigenvalue weighted by molar-refractivity contribution is -0.139. The van der Waals surface area contributed by atoms with Crippen LogP contribution in [0.5, 0.6) is 0 Å². The number of rotatable bonds is 10. The highest BCUT2D eigenvalue weighted by molar-refractivity contribution is 7.99. The monoisotopic (exact) mass is 480 g/mol. The molecule has 2 aromatic carbocycles. The highest BCUT2D eigenvalue weighted by Gasteiger charge is 2.29. The molecule has 0 saturated heterocycles. The summed E-state index contributed by atoms with van der Waals surface area (Å²) >= 11 is 13.9. The molecule has 0 bridgehead atoms. The van der Waals surface area contributed by atoms with E-state index < -0.39 is 6.04 Å². The van der Waals surface area contributed by atoms with Crippen LogP contribution in [0.4, 0.5) is 0 Å². The van der Waals surface area contributed by atoms with E-state index in [0.717, 1.165) is 11.3 Å². The van der Waals surface area contributed by atoms with Gasteiger partial charge in [0.2, 0.25) is 11.8 Å². The molecule has 168 valence electrons. The molecule has 0 aromatic heterocycles. The molecule has 2 aromatic rings. The number of thioether (sulfide) groups is 1. The Kier molecular flexibility index (Phi) is 10.2. The van der Waals surface area contributed by atoms with Crippen molar-refractivity contribution < 1.29 is 9.59 Å². The molecular weight excluding hydrogens is 451 g/mol. The van der Waals surface area contributed by atoms with Crippen LogP contribution in [0.1, 0.15) is 43.9 Å².